The molecule has 9 heteroatoms. The van der Waals surface area contributed by atoms with Gasteiger partial charge in [0.05, 0.1) is 34.9 Å². The van der Waals surface area contributed by atoms with Gasteiger partial charge in [-0.05, 0) is 48.8 Å². The van der Waals surface area contributed by atoms with E-state index in [1.54, 1.807) is 18.5 Å². The fourth-order valence-corrected chi connectivity index (χ4v) is 4.05. The predicted octanol–water partition coefficient (Wildman–Crippen LogP) is 3.43. The number of benzene rings is 1. The molecule has 0 radical (unpaired) electrons. The number of aromatic nitrogens is 5. The number of pyridine rings is 1. The van der Waals surface area contributed by atoms with Crippen molar-refractivity contribution < 1.29 is 9.90 Å². The second kappa shape index (κ2) is 7.98. The number of nitrogens with one attached hydrogen (secondary N) is 3. The lowest BCUT2D eigenvalue weighted by molar-refractivity contribution is 0.0916. The molecule has 4 aromatic rings. The number of halogens is 1. The predicted molar refractivity (Wildman–Crippen MR) is 119 cm³/mol. The lowest BCUT2D eigenvalue weighted by atomic mass is 9.98. The second-order valence-corrected chi connectivity index (χ2v) is 7.79. The highest BCUT2D eigenvalue weighted by Crippen LogP contribution is 2.29. The van der Waals surface area contributed by atoms with E-state index >= 15 is 0 Å². The Kier molecular flexibility index (Phi) is 5.01. The van der Waals surface area contributed by atoms with Crippen LogP contribution in [0.4, 0.5) is 0 Å². The molecule has 1 aromatic carbocycles. The molecule has 5 rings (SSSR count). The van der Waals surface area contributed by atoms with E-state index in [2.05, 4.69) is 30.5 Å². The third-order valence-corrected chi connectivity index (χ3v) is 5.63. The third kappa shape index (κ3) is 3.71. The molecule has 0 bridgehead atoms. The number of aromatic amines is 2. The maximum absolute atomic E-state index is 12.8. The molecule has 4 N–H and O–H groups in total. The van der Waals surface area contributed by atoms with Crippen molar-refractivity contribution in [3.05, 3.63) is 65.2 Å². The summed E-state index contributed by atoms with van der Waals surface area (Å²) in [5, 5.41) is 20.4. The third-order valence-electron chi connectivity index (χ3n) is 5.36. The molecular weight excluding hydrogens is 416 g/mol. The van der Waals surface area contributed by atoms with E-state index in [-0.39, 0.29) is 12.4 Å². The van der Waals surface area contributed by atoms with Crippen LogP contribution in [0.3, 0.4) is 0 Å². The van der Waals surface area contributed by atoms with Gasteiger partial charge < -0.3 is 15.5 Å². The van der Waals surface area contributed by atoms with Gasteiger partial charge in [0.15, 0.2) is 0 Å². The summed E-state index contributed by atoms with van der Waals surface area (Å²) in [5.41, 5.74) is 4.85. The molecule has 3 heterocycles. The van der Waals surface area contributed by atoms with Gasteiger partial charge in [0.25, 0.3) is 5.91 Å². The van der Waals surface area contributed by atoms with Gasteiger partial charge in [-0.1, -0.05) is 17.7 Å². The van der Waals surface area contributed by atoms with E-state index in [1.165, 1.54) is 0 Å². The zero-order valence-electron chi connectivity index (χ0n) is 16.4. The quantitative estimate of drug-likeness (QED) is 0.383. The summed E-state index contributed by atoms with van der Waals surface area (Å²) in [4.78, 5) is 25.6. The lowest BCUT2D eigenvalue weighted by Gasteiger charge is -2.21. The normalized spacial score (nSPS) is 15.0. The number of carbonyl (C=O) groups excluding carboxylic acids is 1. The van der Waals surface area contributed by atoms with Gasteiger partial charge in [-0.25, -0.2) is 9.97 Å². The standard InChI is InChI=1S/C22H19ClN6O2/c23-14-3-1-2-13(8-14)19(11-30)27-22(31)21-25-17-9-15-16(10-18(17)26-21)28-29-20(15)12-4-6-24-7-5-12/h3-10,19,28-30H,1-2,11H2,(H,27,31)/t19-/m1/s1. The van der Waals surface area contributed by atoms with Crippen LogP contribution in [0.2, 0.25) is 0 Å². The molecule has 1 aliphatic rings. The molecule has 1 aliphatic carbocycles. The number of fused-ring (bicyclic) bond motifs is 2. The van der Waals surface area contributed by atoms with Crippen LogP contribution < -0.4 is 5.32 Å². The van der Waals surface area contributed by atoms with Gasteiger partial charge in [0.2, 0.25) is 5.82 Å². The van der Waals surface area contributed by atoms with Crippen LogP contribution in [0, 0.1) is 0 Å². The van der Waals surface area contributed by atoms with Crippen LogP contribution in [-0.2, 0) is 0 Å². The van der Waals surface area contributed by atoms with E-state index in [4.69, 9.17) is 11.6 Å². The first kappa shape index (κ1) is 19.5. The van der Waals surface area contributed by atoms with Crippen molar-refractivity contribution in [3.63, 3.8) is 0 Å². The number of amides is 1. The average Bonchev–Trinajstić information content (AvgIpc) is 3.39. The van der Waals surface area contributed by atoms with Crippen LogP contribution in [0.15, 0.2) is 59.4 Å². The Labute approximate surface area is 182 Å². The minimum Gasteiger partial charge on any atom is -0.394 e. The number of rotatable bonds is 5. The molecule has 156 valence electrons. The molecule has 0 fully saturated rings. The van der Waals surface area contributed by atoms with E-state index in [1.807, 2.05) is 30.3 Å². The number of imidazole rings is 1. The molecule has 0 unspecified atom stereocenters. The SMILES string of the molecule is O=C(N[C@H](CO)C1=CC(Cl)=CCC1)c1nc2cc3[nH][nH]c(-c4ccncc4)c3cc2n1. The fraction of sp³-hybridized carbons (Fsp3) is 0.182. The van der Waals surface area contributed by atoms with Gasteiger partial charge in [-0.3, -0.25) is 14.9 Å². The Morgan fingerprint density at radius 2 is 1.97 bits per heavy atom. The first-order valence-corrected chi connectivity index (χ1v) is 10.3. The monoisotopic (exact) mass is 434 g/mol. The summed E-state index contributed by atoms with van der Waals surface area (Å²) in [6, 6.07) is 7.05. The van der Waals surface area contributed by atoms with Crippen molar-refractivity contribution in [2.24, 2.45) is 0 Å². The van der Waals surface area contributed by atoms with Crippen molar-refractivity contribution >= 4 is 39.4 Å². The summed E-state index contributed by atoms with van der Waals surface area (Å²) < 4.78 is 0. The van der Waals surface area contributed by atoms with Crippen LogP contribution in [-0.4, -0.2) is 48.8 Å². The van der Waals surface area contributed by atoms with Crippen LogP contribution in [0.25, 0.3) is 33.2 Å². The molecule has 3 aromatic heterocycles. The number of hydrogen-bond acceptors (Lipinski definition) is 5. The number of hydrogen-bond donors (Lipinski definition) is 4. The fourth-order valence-electron chi connectivity index (χ4n) is 3.80. The Hall–Kier alpha value is -3.49. The molecule has 0 spiro atoms. The molecule has 0 aliphatic heterocycles. The molecule has 0 saturated heterocycles. The number of H-pyrrole nitrogens is 2. The number of nitrogens with zero attached hydrogens (tertiary/aromatic N) is 3. The zero-order chi connectivity index (χ0) is 21.4. The Balaban J connectivity index is 1.45. The van der Waals surface area contributed by atoms with Crippen molar-refractivity contribution in [3.8, 4) is 11.3 Å². The van der Waals surface area contributed by atoms with Crippen molar-refractivity contribution in [1.29, 1.82) is 0 Å². The Morgan fingerprint density at radius 3 is 2.71 bits per heavy atom. The zero-order valence-corrected chi connectivity index (χ0v) is 17.1. The van der Waals surface area contributed by atoms with Crippen LogP contribution >= 0.6 is 11.6 Å². The summed E-state index contributed by atoms with van der Waals surface area (Å²) in [7, 11) is 0. The maximum atomic E-state index is 12.8. The maximum Gasteiger partial charge on any atom is 0.289 e. The number of carbonyl (C=O) groups is 1. The topological polar surface area (TPSA) is 120 Å². The van der Waals surface area contributed by atoms with Gasteiger partial charge in [-0.2, -0.15) is 0 Å². The van der Waals surface area contributed by atoms with E-state index in [0.29, 0.717) is 16.1 Å². The minimum absolute atomic E-state index is 0.0635. The average molecular weight is 435 g/mol. The minimum atomic E-state index is -0.529. The van der Waals surface area contributed by atoms with Gasteiger partial charge >= 0.3 is 0 Å². The summed E-state index contributed by atoms with van der Waals surface area (Å²) >= 11 is 6.07. The van der Waals surface area contributed by atoms with Crippen molar-refractivity contribution in [2.75, 3.05) is 6.61 Å². The first-order chi connectivity index (χ1) is 15.1. The summed E-state index contributed by atoms with van der Waals surface area (Å²) in [6.07, 6.45) is 8.66. The van der Waals surface area contributed by atoms with Crippen molar-refractivity contribution in [1.82, 2.24) is 30.5 Å². The van der Waals surface area contributed by atoms with Gasteiger partial charge in [0.1, 0.15) is 0 Å². The van der Waals surface area contributed by atoms with Crippen molar-refractivity contribution in [2.45, 2.75) is 18.9 Å². The highest BCUT2D eigenvalue weighted by molar-refractivity contribution is 6.31. The number of aliphatic hydroxyl groups excluding tert-OH is 1. The molecular formula is C22H19ClN6O2. The van der Waals surface area contributed by atoms with Gasteiger partial charge in [-0.15, -0.1) is 0 Å². The number of allylic oxidation sites excluding steroid dienone is 3. The second-order valence-electron chi connectivity index (χ2n) is 7.35. The number of aliphatic hydroxyl groups is 1. The van der Waals surface area contributed by atoms with E-state index < -0.39 is 11.9 Å². The smallest absolute Gasteiger partial charge is 0.289 e. The lowest BCUT2D eigenvalue weighted by Crippen LogP contribution is -2.39. The van der Waals surface area contributed by atoms with Crippen LogP contribution in [0.1, 0.15) is 23.5 Å². The molecule has 1 atom stereocenters. The highest BCUT2D eigenvalue weighted by Gasteiger charge is 2.22. The highest BCUT2D eigenvalue weighted by atomic mass is 35.5. The Bertz CT molecular complexity index is 1340. The molecule has 0 saturated carbocycles. The first-order valence-electron chi connectivity index (χ1n) is 9.88. The van der Waals surface area contributed by atoms with E-state index in [0.717, 1.165) is 40.6 Å². The summed E-state index contributed by atoms with van der Waals surface area (Å²) in [6.45, 7) is -0.226. The Morgan fingerprint density at radius 1 is 1.19 bits per heavy atom. The van der Waals surface area contributed by atoms with Gasteiger partial charge in [0, 0.05) is 28.4 Å². The molecule has 1 amide bonds. The van der Waals surface area contributed by atoms with E-state index in [9.17, 15) is 9.90 Å². The largest absolute Gasteiger partial charge is 0.394 e. The van der Waals surface area contributed by atoms with Crippen LogP contribution in [0.5, 0.6) is 0 Å². The summed E-state index contributed by atoms with van der Waals surface area (Å²) in [5.74, 6) is -0.375. The molecule has 8 nitrogen and oxygen atoms in total. The molecule has 31 heavy (non-hydrogen) atoms.